The standard InChI is InChI=1S/C40H36Br2N4O4/c1-25(2)49-33-17-5-27(6-18-33)23-35-39(47)45(37(43-35)29-9-13-31(41)14-10-29)21-22-46-38(30-11-15-32(42)16-12-30)44-36(40(46)48)24-28-7-19-34(20-8-28)50-26(3)4/h5-20,23-26H,21-22H2,1-4H3. The quantitative estimate of drug-likeness (QED) is 0.142. The SMILES string of the molecule is CC(C)Oc1ccc(C=C2N=C(c3ccc(Br)cc3)N(CCN3C(=O)C(=Cc4ccc(OC(C)C)cc4)N=C3c3ccc(Br)cc3)C2=O)cc1. The highest BCUT2D eigenvalue weighted by Crippen LogP contribution is 2.27. The minimum atomic E-state index is -0.251. The second-order valence-corrected chi connectivity index (χ2v) is 14.2. The molecular weight excluding hydrogens is 760 g/mol. The molecule has 0 bridgehead atoms. The number of amides is 2. The van der Waals surface area contributed by atoms with Crippen molar-refractivity contribution in [3.05, 3.63) is 140 Å². The minimum Gasteiger partial charge on any atom is -0.491 e. The predicted octanol–water partition coefficient (Wildman–Crippen LogP) is 8.75. The molecule has 0 saturated carbocycles. The lowest BCUT2D eigenvalue weighted by molar-refractivity contribution is -0.125. The van der Waals surface area contributed by atoms with Crippen LogP contribution in [-0.4, -0.2) is 58.6 Å². The van der Waals surface area contributed by atoms with Gasteiger partial charge in [-0.3, -0.25) is 19.4 Å². The zero-order valence-corrected chi connectivity index (χ0v) is 31.3. The Morgan fingerprint density at radius 2 is 0.900 bits per heavy atom. The van der Waals surface area contributed by atoms with Crippen LogP contribution in [0.2, 0.25) is 0 Å². The molecular formula is C40H36Br2N4O4. The fourth-order valence-corrected chi connectivity index (χ4v) is 6.03. The molecule has 0 N–H and O–H groups in total. The van der Waals surface area contributed by atoms with Gasteiger partial charge in [0.25, 0.3) is 11.8 Å². The van der Waals surface area contributed by atoms with E-state index in [1.54, 1.807) is 22.0 Å². The minimum absolute atomic E-state index is 0.0573. The van der Waals surface area contributed by atoms with E-state index < -0.39 is 0 Å². The maximum Gasteiger partial charge on any atom is 0.278 e. The van der Waals surface area contributed by atoms with Crippen molar-refractivity contribution < 1.29 is 19.1 Å². The van der Waals surface area contributed by atoms with Gasteiger partial charge in [0.1, 0.15) is 34.6 Å². The fourth-order valence-electron chi connectivity index (χ4n) is 5.50. The lowest BCUT2D eigenvalue weighted by Gasteiger charge is -2.24. The third kappa shape index (κ3) is 8.31. The topological polar surface area (TPSA) is 83.8 Å². The Morgan fingerprint density at radius 1 is 0.560 bits per heavy atom. The summed E-state index contributed by atoms with van der Waals surface area (Å²) in [5.74, 6) is 2.04. The smallest absolute Gasteiger partial charge is 0.278 e. The van der Waals surface area contributed by atoms with Gasteiger partial charge >= 0.3 is 0 Å². The Labute approximate surface area is 309 Å². The molecule has 4 aromatic rings. The second kappa shape index (κ2) is 15.4. The molecule has 50 heavy (non-hydrogen) atoms. The van der Waals surface area contributed by atoms with Crippen molar-refractivity contribution >= 4 is 67.5 Å². The van der Waals surface area contributed by atoms with E-state index in [0.29, 0.717) is 23.1 Å². The van der Waals surface area contributed by atoms with Crippen molar-refractivity contribution in [1.82, 2.24) is 9.80 Å². The Balaban J connectivity index is 1.29. The summed E-state index contributed by atoms with van der Waals surface area (Å²) in [7, 11) is 0. The van der Waals surface area contributed by atoms with Crippen LogP contribution in [0, 0.1) is 0 Å². The van der Waals surface area contributed by atoms with Gasteiger partial charge in [0, 0.05) is 33.2 Å². The summed E-state index contributed by atoms with van der Waals surface area (Å²) in [6, 6.07) is 30.4. The molecule has 2 amide bonds. The summed E-state index contributed by atoms with van der Waals surface area (Å²) in [6.45, 7) is 8.29. The number of nitrogens with zero attached hydrogens (tertiary/aromatic N) is 4. The summed E-state index contributed by atoms with van der Waals surface area (Å²) in [5.41, 5.74) is 3.82. The van der Waals surface area contributed by atoms with Crippen LogP contribution in [-0.2, 0) is 9.59 Å². The van der Waals surface area contributed by atoms with Crippen LogP contribution in [0.15, 0.2) is 127 Å². The van der Waals surface area contributed by atoms with Gasteiger partial charge in [-0.2, -0.15) is 0 Å². The monoisotopic (exact) mass is 794 g/mol. The predicted molar refractivity (Wildman–Crippen MR) is 205 cm³/mol. The number of halogens is 2. The molecule has 2 heterocycles. The van der Waals surface area contributed by atoms with E-state index in [4.69, 9.17) is 19.5 Å². The van der Waals surface area contributed by atoms with Crippen LogP contribution in [0.4, 0.5) is 0 Å². The molecule has 0 radical (unpaired) electrons. The number of aliphatic imine (C=N–C) groups is 2. The maximum absolute atomic E-state index is 14.0. The molecule has 4 aromatic carbocycles. The first kappa shape index (κ1) is 35.0. The van der Waals surface area contributed by atoms with E-state index in [9.17, 15) is 9.59 Å². The Hall–Kier alpha value is -4.80. The lowest BCUT2D eigenvalue weighted by Crippen LogP contribution is -2.42. The number of rotatable bonds is 11. The number of hydrogen-bond donors (Lipinski definition) is 0. The number of carbonyl (C=O) groups is 2. The molecule has 0 atom stereocenters. The maximum atomic E-state index is 14.0. The van der Waals surface area contributed by atoms with Crippen molar-refractivity contribution in [2.75, 3.05) is 13.1 Å². The van der Waals surface area contributed by atoms with Gasteiger partial charge in [0.15, 0.2) is 0 Å². The summed E-state index contributed by atoms with van der Waals surface area (Å²) in [5, 5.41) is 0. The van der Waals surface area contributed by atoms with Gasteiger partial charge in [-0.25, -0.2) is 9.98 Å². The highest BCUT2D eigenvalue weighted by molar-refractivity contribution is 9.10. The highest BCUT2D eigenvalue weighted by Gasteiger charge is 2.35. The summed E-state index contributed by atoms with van der Waals surface area (Å²) in [4.78, 5) is 40.9. The number of amidine groups is 2. The first-order valence-corrected chi connectivity index (χ1v) is 17.9. The Bertz CT molecular complexity index is 1850. The Kier molecular flexibility index (Phi) is 10.8. The van der Waals surface area contributed by atoms with E-state index >= 15 is 0 Å². The molecule has 0 aromatic heterocycles. The number of ether oxygens (including phenoxy) is 2. The van der Waals surface area contributed by atoms with E-state index in [2.05, 4.69) is 31.9 Å². The van der Waals surface area contributed by atoms with Gasteiger partial charge in [-0.15, -0.1) is 0 Å². The molecule has 0 spiro atoms. The summed E-state index contributed by atoms with van der Waals surface area (Å²) >= 11 is 7.00. The van der Waals surface area contributed by atoms with Gasteiger partial charge in [-0.1, -0.05) is 80.4 Å². The van der Waals surface area contributed by atoms with Crippen LogP contribution in [0.5, 0.6) is 11.5 Å². The average molecular weight is 797 g/mol. The zero-order chi connectivity index (χ0) is 35.4. The van der Waals surface area contributed by atoms with Crippen molar-refractivity contribution in [3.8, 4) is 11.5 Å². The molecule has 6 rings (SSSR count). The molecule has 0 aliphatic carbocycles. The van der Waals surface area contributed by atoms with E-state index in [0.717, 1.165) is 42.7 Å². The highest BCUT2D eigenvalue weighted by atomic mass is 79.9. The molecule has 0 fully saturated rings. The largest absolute Gasteiger partial charge is 0.491 e. The van der Waals surface area contributed by atoms with E-state index in [1.165, 1.54) is 0 Å². The molecule has 2 aliphatic heterocycles. The molecule has 0 unspecified atom stereocenters. The van der Waals surface area contributed by atoms with E-state index in [1.807, 2.05) is 125 Å². The third-order valence-electron chi connectivity index (χ3n) is 7.76. The van der Waals surface area contributed by atoms with Crippen molar-refractivity contribution in [1.29, 1.82) is 0 Å². The van der Waals surface area contributed by atoms with Crippen molar-refractivity contribution in [2.24, 2.45) is 9.98 Å². The van der Waals surface area contributed by atoms with E-state index in [-0.39, 0.29) is 37.1 Å². The molecule has 10 heteroatoms. The second-order valence-electron chi connectivity index (χ2n) is 12.3. The zero-order valence-electron chi connectivity index (χ0n) is 28.1. The third-order valence-corrected chi connectivity index (χ3v) is 8.81. The number of benzene rings is 4. The van der Waals surface area contributed by atoms with Crippen molar-refractivity contribution in [3.63, 3.8) is 0 Å². The molecule has 2 aliphatic rings. The first-order valence-electron chi connectivity index (χ1n) is 16.3. The summed E-state index contributed by atoms with van der Waals surface area (Å²) in [6.07, 6.45) is 3.66. The Morgan fingerprint density at radius 3 is 1.22 bits per heavy atom. The van der Waals surface area contributed by atoms with Crippen LogP contribution < -0.4 is 9.47 Å². The van der Waals surface area contributed by atoms with Crippen LogP contribution in [0.25, 0.3) is 12.2 Å². The normalized spacial score (nSPS) is 16.2. The fraction of sp³-hybridized carbons (Fsp3) is 0.200. The molecule has 254 valence electrons. The average Bonchev–Trinajstić information content (AvgIpc) is 3.56. The van der Waals surface area contributed by atoms with Gasteiger partial charge in [0.2, 0.25) is 0 Å². The van der Waals surface area contributed by atoms with Gasteiger partial charge in [0.05, 0.1) is 12.2 Å². The molecule has 0 saturated heterocycles. The lowest BCUT2D eigenvalue weighted by atomic mass is 10.1. The van der Waals surface area contributed by atoms with Gasteiger partial charge < -0.3 is 9.47 Å². The number of carbonyl (C=O) groups excluding carboxylic acids is 2. The van der Waals surface area contributed by atoms with Crippen LogP contribution in [0.1, 0.15) is 49.9 Å². The molecule has 8 nitrogen and oxygen atoms in total. The first-order chi connectivity index (χ1) is 24.0. The van der Waals surface area contributed by atoms with Crippen LogP contribution >= 0.6 is 31.9 Å². The van der Waals surface area contributed by atoms with Gasteiger partial charge in [-0.05, 0) is 99.5 Å². The number of hydrogen-bond acceptors (Lipinski definition) is 6. The summed E-state index contributed by atoms with van der Waals surface area (Å²) < 4.78 is 13.4. The van der Waals surface area contributed by atoms with Crippen LogP contribution in [0.3, 0.4) is 0 Å². The van der Waals surface area contributed by atoms with Crippen molar-refractivity contribution in [2.45, 2.75) is 39.9 Å².